The molecule has 2 unspecified atom stereocenters. The molecule has 130 valence electrons. The van der Waals surface area contributed by atoms with Crippen LogP contribution in [-0.2, 0) is 9.59 Å². The molecule has 2 aliphatic rings. The molecule has 3 rings (SSSR count). The number of carbonyl (C=O) groups is 2. The Hall–Kier alpha value is -1.95. The zero-order valence-corrected chi connectivity index (χ0v) is 14.0. The minimum atomic E-state index is -0.525. The number of hydrogen-bond donors (Lipinski definition) is 2. The van der Waals surface area contributed by atoms with Gasteiger partial charge in [0.25, 0.3) is 0 Å². The van der Waals surface area contributed by atoms with E-state index >= 15 is 0 Å². The highest BCUT2D eigenvalue weighted by atomic mass is 19.1. The molecule has 0 spiro atoms. The third kappa shape index (κ3) is 3.29. The summed E-state index contributed by atoms with van der Waals surface area (Å²) in [5.41, 5.74) is 6.40. The van der Waals surface area contributed by atoms with Crippen molar-refractivity contribution in [3.63, 3.8) is 0 Å². The van der Waals surface area contributed by atoms with Crippen LogP contribution in [0.25, 0.3) is 0 Å². The first-order valence-corrected chi connectivity index (χ1v) is 8.58. The Labute approximate surface area is 141 Å². The van der Waals surface area contributed by atoms with Crippen molar-refractivity contribution in [3.8, 4) is 0 Å². The van der Waals surface area contributed by atoms with Gasteiger partial charge in [0.2, 0.25) is 11.8 Å². The monoisotopic (exact) mass is 333 g/mol. The van der Waals surface area contributed by atoms with Gasteiger partial charge in [-0.2, -0.15) is 0 Å². The molecular formula is C18H24FN3O2. The van der Waals surface area contributed by atoms with Crippen LogP contribution in [0.3, 0.4) is 0 Å². The molecule has 1 saturated heterocycles. The van der Waals surface area contributed by atoms with Gasteiger partial charge >= 0.3 is 0 Å². The van der Waals surface area contributed by atoms with Crippen molar-refractivity contribution in [1.82, 2.24) is 0 Å². The number of nitrogens with two attached hydrogens (primary N) is 1. The molecule has 5 nitrogen and oxygen atoms in total. The van der Waals surface area contributed by atoms with E-state index in [9.17, 15) is 14.0 Å². The fraction of sp³-hybridized carbons (Fsp3) is 0.556. The van der Waals surface area contributed by atoms with Crippen molar-refractivity contribution in [2.75, 3.05) is 16.8 Å². The summed E-state index contributed by atoms with van der Waals surface area (Å²) < 4.78 is 14.4. The van der Waals surface area contributed by atoms with Gasteiger partial charge in [-0.1, -0.05) is 12.8 Å². The molecule has 1 saturated carbocycles. The second-order valence-electron chi connectivity index (χ2n) is 7.11. The van der Waals surface area contributed by atoms with Crippen LogP contribution in [0.4, 0.5) is 15.8 Å². The predicted molar refractivity (Wildman–Crippen MR) is 91.2 cm³/mol. The number of nitrogens with zero attached hydrogens (tertiary/aromatic N) is 1. The van der Waals surface area contributed by atoms with E-state index in [-0.39, 0.29) is 23.4 Å². The largest absolute Gasteiger partial charge is 0.326 e. The average Bonchev–Trinajstić information content (AvgIpc) is 2.93. The van der Waals surface area contributed by atoms with Crippen LogP contribution in [0.2, 0.25) is 0 Å². The van der Waals surface area contributed by atoms with Gasteiger partial charge in [0, 0.05) is 24.2 Å². The van der Waals surface area contributed by atoms with Gasteiger partial charge in [-0.05, 0) is 44.4 Å². The lowest BCUT2D eigenvalue weighted by atomic mass is 9.74. The van der Waals surface area contributed by atoms with Crippen molar-refractivity contribution >= 4 is 23.2 Å². The Morgan fingerprint density at radius 2 is 2.17 bits per heavy atom. The van der Waals surface area contributed by atoms with Crippen molar-refractivity contribution < 1.29 is 14.0 Å². The summed E-state index contributed by atoms with van der Waals surface area (Å²) in [4.78, 5) is 25.7. The standard InChI is InChI=1S/C18H24FN3O2/c1-18(20)9-3-2-5-13(18)17(24)21-12-7-8-15(14(19)11-12)22-10-4-6-16(22)23/h7-8,11,13H,2-6,9-10,20H2,1H3,(H,21,24). The maximum Gasteiger partial charge on any atom is 0.229 e. The molecule has 0 bridgehead atoms. The molecule has 2 fully saturated rings. The van der Waals surface area contributed by atoms with E-state index in [0.717, 1.165) is 32.1 Å². The van der Waals surface area contributed by atoms with Crippen molar-refractivity contribution in [2.24, 2.45) is 11.7 Å². The summed E-state index contributed by atoms with van der Waals surface area (Å²) in [6.07, 6.45) is 4.78. The molecule has 1 aliphatic heterocycles. The number of nitrogens with one attached hydrogen (secondary N) is 1. The molecule has 3 N–H and O–H groups in total. The van der Waals surface area contributed by atoms with Crippen molar-refractivity contribution in [2.45, 2.75) is 51.0 Å². The molecule has 0 aromatic heterocycles. The van der Waals surface area contributed by atoms with Crippen LogP contribution < -0.4 is 16.0 Å². The first kappa shape index (κ1) is 16.9. The average molecular weight is 333 g/mol. The number of halogens is 1. The first-order chi connectivity index (χ1) is 11.4. The Balaban J connectivity index is 1.72. The normalized spacial score (nSPS) is 27.4. The lowest BCUT2D eigenvalue weighted by molar-refractivity contribution is -0.122. The Morgan fingerprint density at radius 3 is 2.79 bits per heavy atom. The van der Waals surface area contributed by atoms with E-state index < -0.39 is 11.4 Å². The molecule has 1 aliphatic carbocycles. The van der Waals surface area contributed by atoms with Gasteiger partial charge in [-0.15, -0.1) is 0 Å². The first-order valence-electron chi connectivity index (χ1n) is 8.58. The van der Waals surface area contributed by atoms with E-state index in [4.69, 9.17) is 5.73 Å². The summed E-state index contributed by atoms with van der Waals surface area (Å²) in [6.45, 7) is 2.44. The maximum absolute atomic E-state index is 14.4. The molecule has 2 atom stereocenters. The molecule has 1 aromatic rings. The van der Waals surface area contributed by atoms with Gasteiger partial charge in [0.15, 0.2) is 0 Å². The highest BCUT2D eigenvalue weighted by Gasteiger charge is 2.37. The van der Waals surface area contributed by atoms with Crippen LogP contribution in [-0.4, -0.2) is 23.9 Å². The second-order valence-corrected chi connectivity index (χ2v) is 7.11. The van der Waals surface area contributed by atoms with E-state index in [0.29, 0.717) is 18.7 Å². The Bertz CT molecular complexity index is 660. The zero-order chi connectivity index (χ0) is 17.3. The van der Waals surface area contributed by atoms with Crippen LogP contribution in [0.1, 0.15) is 45.4 Å². The van der Waals surface area contributed by atoms with Crippen LogP contribution in [0.15, 0.2) is 18.2 Å². The van der Waals surface area contributed by atoms with Crippen LogP contribution >= 0.6 is 0 Å². The quantitative estimate of drug-likeness (QED) is 0.893. The van der Waals surface area contributed by atoms with Crippen molar-refractivity contribution in [1.29, 1.82) is 0 Å². The van der Waals surface area contributed by atoms with E-state index in [1.54, 1.807) is 12.1 Å². The van der Waals surface area contributed by atoms with E-state index in [1.807, 2.05) is 6.92 Å². The predicted octanol–water partition coefficient (Wildman–Crippen LogP) is 2.80. The second kappa shape index (κ2) is 6.51. The Kier molecular flexibility index (Phi) is 4.58. The molecule has 6 heteroatoms. The third-order valence-electron chi connectivity index (χ3n) is 5.15. The van der Waals surface area contributed by atoms with E-state index in [2.05, 4.69) is 5.32 Å². The number of benzene rings is 1. The third-order valence-corrected chi connectivity index (χ3v) is 5.15. The smallest absolute Gasteiger partial charge is 0.229 e. The van der Waals surface area contributed by atoms with Gasteiger partial charge in [-0.25, -0.2) is 4.39 Å². The van der Waals surface area contributed by atoms with Gasteiger partial charge < -0.3 is 16.0 Å². The van der Waals surface area contributed by atoms with Crippen molar-refractivity contribution in [3.05, 3.63) is 24.0 Å². The van der Waals surface area contributed by atoms with Gasteiger partial charge in [0.1, 0.15) is 5.82 Å². The fourth-order valence-electron chi connectivity index (χ4n) is 3.72. The zero-order valence-electron chi connectivity index (χ0n) is 14.0. The van der Waals surface area contributed by atoms with Gasteiger partial charge in [0.05, 0.1) is 11.6 Å². The number of carbonyl (C=O) groups excluding carboxylic acids is 2. The SMILES string of the molecule is CC1(N)CCCCC1C(=O)Nc1ccc(N2CCCC2=O)c(F)c1. The minimum absolute atomic E-state index is 0.0632. The summed E-state index contributed by atoms with van der Waals surface area (Å²) in [5.74, 6) is -0.993. The number of anilines is 2. The topological polar surface area (TPSA) is 75.4 Å². The van der Waals surface area contributed by atoms with E-state index in [1.165, 1.54) is 11.0 Å². The highest BCUT2D eigenvalue weighted by molar-refractivity contribution is 5.96. The number of hydrogen-bond acceptors (Lipinski definition) is 3. The van der Waals surface area contributed by atoms with Gasteiger partial charge in [-0.3, -0.25) is 9.59 Å². The summed E-state index contributed by atoms with van der Waals surface area (Å²) in [5, 5.41) is 2.77. The summed E-state index contributed by atoms with van der Waals surface area (Å²) >= 11 is 0. The summed E-state index contributed by atoms with van der Waals surface area (Å²) in [7, 11) is 0. The maximum atomic E-state index is 14.4. The molecule has 1 heterocycles. The molecule has 24 heavy (non-hydrogen) atoms. The molecule has 2 amide bonds. The van der Waals surface area contributed by atoms with Crippen LogP contribution in [0, 0.1) is 11.7 Å². The number of rotatable bonds is 3. The fourth-order valence-corrected chi connectivity index (χ4v) is 3.72. The molecule has 0 radical (unpaired) electrons. The minimum Gasteiger partial charge on any atom is -0.326 e. The summed E-state index contributed by atoms with van der Waals surface area (Å²) in [6, 6.07) is 4.46. The lowest BCUT2D eigenvalue weighted by Gasteiger charge is -2.37. The molecule has 1 aromatic carbocycles. The Morgan fingerprint density at radius 1 is 1.38 bits per heavy atom. The molecular weight excluding hydrogens is 309 g/mol. The van der Waals surface area contributed by atoms with Crippen LogP contribution in [0.5, 0.6) is 0 Å². The lowest BCUT2D eigenvalue weighted by Crippen LogP contribution is -2.51. The highest BCUT2D eigenvalue weighted by Crippen LogP contribution is 2.33. The number of amides is 2.